The van der Waals surface area contributed by atoms with Crippen LogP contribution >= 0.6 is 15.9 Å². The predicted octanol–water partition coefficient (Wildman–Crippen LogP) is 1.34. The summed E-state index contributed by atoms with van der Waals surface area (Å²) in [6.45, 7) is 1.64. The van der Waals surface area contributed by atoms with E-state index in [1.54, 1.807) is 21.0 Å². The van der Waals surface area contributed by atoms with Gasteiger partial charge in [-0.05, 0) is 40.5 Å². The number of hydrogen-bond acceptors (Lipinski definition) is 5. The lowest BCUT2D eigenvalue weighted by atomic mass is 10.4. The number of halogens is 1. The summed E-state index contributed by atoms with van der Waals surface area (Å²) in [7, 11) is -4.50. The summed E-state index contributed by atoms with van der Waals surface area (Å²) >= 11 is 3.15. The molecule has 1 amide bonds. The van der Waals surface area contributed by atoms with Gasteiger partial charge >= 0.3 is 0 Å². The van der Waals surface area contributed by atoms with Crippen LogP contribution in [0, 0.1) is 0 Å². The van der Waals surface area contributed by atoms with Crippen LogP contribution in [0.15, 0.2) is 32.5 Å². The topological polar surface area (TPSA) is 91.8 Å². The standard InChI is InChI=1S/C14H21BrN2O5S2/c1-5-8-17(10-14(18)16(2)3)24(21,22)13-9-11(23(4,19)20)6-7-12(13)15/h6-7,9H,5,8,10H2,1-4H3. The minimum atomic E-state index is -4.03. The number of hydrogen-bond donors (Lipinski definition) is 0. The minimum Gasteiger partial charge on any atom is -0.348 e. The van der Waals surface area contributed by atoms with Gasteiger partial charge in [0.1, 0.15) is 0 Å². The first-order valence-electron chi connectivity index (χ1n) is 7.11. The molecule has 0 radical (unpaired) electrons. The molecule has 24 heavy (non-hydrogen) atoms. The van der Waals surface area contributed by atoms with Gasteiger partial charge in [-0.25, -0.2) is 16.8 Å². The van der Waals surface area contributed by atoms with Gasteiger partial charge in [-0.1, -0.05) is 6.92 Å². The number of benzene rings is 1. The molecule has 0 N–H and O–H groups in total. The number of rotatable bonds is 7. The van der Waals surface area contributed by atoms with Crippen LogP contribution in [0.25, 0.3) is 0 Å². The second kappa shape index (κ2) is 7.94. The molecule has 0 heterocycles. The molecule has 0 atom stereocenters. The second-order valence-corrected chi connectivity index (χ2v) is 10.3. The summed E-state index contributed by atoms with van der Waals surface area (Å²) in [6.07, 6.45) is 1.52. The molecule has 0 aliphatic heterocycles. The largest absolute Gasteiger partial charge is 0.348 e. The van der Waals surface area contributed by atoms with E-state index in [9.17, 15) is 21.6 Å². The monoisotopic (exact) mass is 440 g/mol. The van der Waals surface area contributed by atoms with Crippen molar-refractivity contribution in [2.45, 2.75) is 23.1 Å². The van der Waals surface area contributed by atoms with Crippen molar-refractivity contribution in [3.05, 3.63) is 22.7 Å². The molecule has 1 aromatic carbocycles. The van der Waals surface area contributed by atoms with Crippen LogP contribution in [0.5, 0.6) is 0 Å². The molecular formula is C14H21BrN2O5S2. The SMILES string of the molecule is CCCN(CC(=O)N(C)C)S(=O)(=O)c1cc(S(C)(=O)=O)ccc1Br. The Balaban J connectivity index is 3.41. The lowest BCUT2D eigenvalue weighted by molar-refractivity contribution is -0.128. The lowest BCUT2D eigenvalue weighted by Crippen LogP contribution is -2.40. The zero-order valence-corrected chi connectivity index (χ0v) is 17.2. The van der Waals surface area contributed by atoms with Crippen LogP contribution in [0.1, 0.15) is 13.3 Å². The van der Waals surface area contributed by atoms with Crippen LogP contribution < -0.4 is 0 Å². The first kappa shape index (κ1) is 21.1. The molecule has 0 fully saturated rings. The van der Waals surface area contributed by atoms with Gasteiger partial charge in [-0.15, -0.1) is 0 Å². The lowest BCUT2D eigenvalue weighted by Gasteiger charge is -2.23. The van der Waals surface area contributed by atoms with E-state index in [1.807, 2.05) is 0 Å². The molecule has 1 rings (SSSR count). The molecule has 0 bridgehead atoms. The molecule has 0 aromatic heterocycles. The molecule has 0 saturated carbocycles. The zero-order valence-electron chi connectivity index (χ0n) is 14.0. The van der Waals surface area contributed by atoms with E-state index in [0.29, 0.717) is 6.42 Å². The van der Waals surface area contributed by atoms with Gasteiger partial charge in [-0.2, -0.15) is 4.31 Å². The number of sulfone groups is 1. The Morgan fingerprint density at radius 1 is 1.17 bits per heavy atom. The Hall–Kier alpha value is -0.970. The maximum Gasteiger partial charge on any atom is 0.244 e. The highest BCUT2D eigenvalue weighted by Crippen LogP contribution is 2.28. The van der Waals surface area contributed by atoms with Gasteiger partial charge in [0.2, 0.25) is 15.9 Å². The van der Waals surface area contributed by atoms with E-state index in [4.69, 9.17) is 0 Å². The van der Waals surface area contributed by atoms with Crippen molar-refractivity contribution in [1.82, 2.24) is 9.21 Å². The normalized spacial score (nSPS) is 12.4. The summed E-state index contributed by atoms with van der Waals surface area (Å²) in [6, 6.07) is 3.81. The number of amides is 1. The van der Waals surface area contributed by atoms with Crippen molar-refractivity contribution >= 4 is 41.7 Å². The Bertz CT molecular complexity index is 820. The summed E-state index contributed by atoms with van der Waals surface area (Å²) < 4.78 is 50.5. The van der Waals surface area contributed by atoms with E-state index in [0.717, 1.165) is 16.6 Å². The van der Waals surface area contributed by atoms with E-state index >= 15 is 0 Å². The highest BCUT2D eigenvalue weighted by Gasteiger charge is 2.29. The van der Waals surface area contributed by atoms with Crippen molar-refractivity contribution in [2.75, 3.05) is 33.4 Å². The first-order valence-corrected chi connectivity index (χ1v) is 11.2. The van der Waals surface area contributed by atoms with Crippen LogP contribution in [0.4, 0.5) is 0 Å². The second-order valence-electron chi connectivity index (χ2n) is 5.49. The Labute approximate surface area is 151 Å². The van der Waals surface area contributed by atoms with Gasteiger partial charge in [0.25, 0.3) is 0 Å². The van der Waals surface area contributed by atoms with E-state index in [1.165, 1.54) is 17.0 Å². The average Bonchev–Trinajstić information content (AvgIpc) is 2.45. The zero-order chi connectivity index (χ0) is 18.7. The highest BCUT2D eigenvalue weighted by molar-refractivity contribution is 9.10. The number of carbonyl (C=O) groups is 1. The minimum absolute atomic E-state index is 0.0975. The van der Waals surface area contributed by atoms with Gasteiger partial charge in [0.15, 0.2) is 9.84 Å². The number of carbonyl (C=O) groups excluding carboxylic acids is 1. The van der Waals surface area contributed by atoms with Crippen molar-refractivity contribution in [3.63, 3.8) is 0 Å². The number of sulfonamides is 1. The summed E-state index contributed by atoms with van der Waals surface area (Å²) in [5.41, 5.74) is 0. The molecule has 0 saturated heterocycles. The Morgan fingerprint density at radius 2 is 1.75 bits per heavy atom. The molecule has 136 valence electrons. The molecule has 0 unspecified atom stereocenters. The fraction of sp³-hybridized carbons (Fsp3) is 0.500. The summed E-state index contributed by atoms with van der Waals surface area (Å²) in [5, 5.41) is 0. The van der Waals surface area contributed by atoms with Crippen molar-refractivity contribution in [3.8, 4) is 0 Å². The quantitative estimate of drug-likeness (QED) is 0.637. The van der Waals surface area contributed by atoms with Gasteiger partial charge in [0.05, 0.1) is 16.3 Å². The molecule has 0 aliphatic rings. The maximum atomic E-state index is 12.9. The molecular weight excluding hydrogens is 420 g/mol. The highest BCUT2D eigenvalue weighted by atomic mass is 79.9. The Kier molecular flexibility index (Phi) is 6.97. The van der Waals surface area contributed by atoms with Crippen molar-refractivity contribution in [1.29, 1.82) is 0 Å². The molecule has 1 aromatic rings. The summed E-state index contributed by atoms with van der Waals surface area (Å²) in [5.74, 6) is -0.359. The van der Waals surface area contributed by atoms with Crippen LogP contribution in [-0.4, -0.2) is 65.4 Å². The fourth-order valence-corrected chi connectivity index (χ4v) is 5.03. The van der Waals surface area contributed by atoms with Gasteiger partial charge in [0, 0.05) is 31.4 Å². The van der Waals surface area contributed by atoms with Gasteiger partial charge < -0.3 is 4.90 Å². The molecule has 10 heteroatoms. The third kappa shape index (κ3) is 5.01. The van der Waals surface area contributed by atoms with Crippen LogP contribution in [0.2, 0.25) is 0 Å². The van der Waals surface area contributed by atoms with E-state index in [-0.39, 0.29) is 33.3 Å². The predicted molar refractivity (Wildman–Crippen MR) is 95.0 cm³/mol. The average molecular weight is 441 g/mol. The number of nitrogens with zero attached hydrogens (tertiary/aromatic N) is 2. The van der Waals surface area contributed by atoms with Crippen LogP contribution in [-0.2, 0) is 24.7 Å². The third-order valence-corrected chi connectivity index (χ3v) is 7.18. The van der Waals surface area contributed by atoms with Gasteiger partial charge in [-0.3, -0.25) is 4.79 Å². The Morgan fingerprint density at radius 3 is 2.21 bits per heavy atom. The fourth-order valence-electron chi connectivity index (χ4n) is 1.88. The van der Waals surface area contributed by atoms with E-state index < -0.39 is 19.9 Å². The number of likely N-dealkylation sites (N-methyl/N-ethyl adjacent to an activating group) is 1. The smallest absolute Gasteiger partial charge is 0.244 e. The van der Waals surface area contributed by atoms with Crippen molar-refractivity contribution in [2.24, 2.45) is 0 Å². The van der Waals surface area contributed by atoms with E-state index in [2.05, 4.69) is 15.9 Å². The molecule has 0 spiro atoms. The first-order chi connectivity index (χ1) is 10.9. The van der Waals surface area contributed by atoms with Crippen molar-refractivity contribution < 1.29 is 21.6 Å². The van der Waals surface area contributed by atoms with Crippen LogP contribution in [0.3, 0.4) is 0 Å². The summed E-state index contributed by atoms with van der Waals surface area (Å²) in [4.78, 5) is 13.0. The third-order valence-electron chi connectivity index (χ3n) is 3.23. The maximum absolute atomic E-state index is 12.9. The molecule has 7 nitrogen and oxygen atoms in total. The molecule has 0 aliphatic carbocycles.